The molecule has 1 aliphatic rings. The second-order valence-electron chi connectivity index (χ2n) is 2.97. The molecule has 0 unspecified atom stereocenters. The van der Waals surface area contributed by atoms with Gasteiger partial charge < -0.3 is 14.6 Å². The van der Waals surface area contributed by atoms with Crippen LogP contribution in [0, 0.1) is 0 Å². The third kappa shape index (κ3) is 1.82. The van der Waals surface area contributed by atoms with Crippen molar-refractivity contribution in [2.24, 2.45) is 0 Å². The van der Waals surface area contributed by atoms with Crippen molar-refractivity contribution < 1.29 is 19.4 Å². The molecule has 5 heteroatoms. The summed E-state index contributed by atoms with van der Waals surface area (Å²) in [4.78, 5) is 14.4. The summed E-state index contributed by atoms with van der Waals surface area (Å²) in [6.07, 6.45) is 1.33. The van der Waals surface area contributed by atoms with Crippen LogP contribution in [0.4, 0.5) is 0 Å². The molecule has 14 heavy (non-hydrogen) atoms. The molecule has 2 rings (SSSR count). The van der Waals surface area contributed by atoms with Gasteiger partial charge in [0, 0.05) is 12.3 Å². The van der Waals surface area contributed by atoms with E-state index in [2.05, 4.69) is 4.98 Å². The van der Waals surface area contributed by atoms with Crippen molar-refractivity contribution in [3.05, 3.63) is 23.9 Å². The Hall–Kier alpha value is -1.62. The van der Waals surface area contributed by atoms with Crippen LogP contribution < -0.4 is 4.74 Å². The molecular weight excluding hydrogens is 186 g/mol. The predicted octanol–water partition coefficient (Wildman–Crippen LogP) is 0.557. The van der Waals surface area contributed by atoms with Crippen LogP contribution in [-0.4, -0.2) is 35.4 Å². The first-order valence-electron chi connectivity index (χ1n) is 4.19. The third-order valence-corrected chi connectivity index (χ3v) is 1.88. The number of rotatable bonds is 3. The van der Waals surface area contributed by atoms with Crippen molar-refractivity contribution in [1.82, 2.24) is 4.98 Å². The normalized spacial score (nSPS) is 16.0. The van der Waals surface area contributed by atoms with Crippen molar-refractivity contribution in [3.8, 4) is 5.88 Å². The van der Waals surface area contributed by atoms with Crippen molar-refractivity contribution in [2.45, 2.75) is 6.10 Å². The van der Waals surface area contributed by atoms with Crippen LogP contribution >= 0.6 is 0 Å². The Morgan fingerprint density at radius 2 is 2.36 bits per heavy atom. The average molecular weight is 195 g/mol. The lowest BCUT2D eigenvalue weighted by Crippen LogP contribution is -2.38. The molecule has 1 fully saturated rings. The van der Waals surface area contributed by atoms with Crippen molar-refractivity contribution in [1.29, 1.82) is 0 Å². The predicted molar refractivity (Wildman–Crippen MR) is 46.4 cm³/mol. The van der Waals surface area contributed by atoms with Crippen LogP contribution in [0.25, 0.3) is 0 Å². The van der Waals surface area contributed by atoms with Crippen LogP contribution in [0.1, 0.15) is 10.4 Å². The minimum Gasteiger partial charge on any atom is -0.478 e. The van der Waals surface area contributed by atoms with E-state index >= 15 is 0 Å². The quantitative estimate of drug-likeness (QED) is 0.763. The fourth-order valence-electron chi connectivity index (χ4n) is 1.03. The summed E-state index contributed by atoms with van der Waals surface area (Å²) in [7, 11) is 0. The van der Waals surface area contributed by atoms with Crippen molar-refractivity contribution in [2.75, 3.05) is 13.2 Å². The lowest BCUT2D eigenvalue weighted by Gasteiger charge is -2.25. The number of pyridine rings is 1. The largest absolute Gasteiger partial charge is 0.478 e. The maximum Gasteiger partial charge on any atom is 0.337 e. The Labute approximate surface area is 80.3 Å². The number of carboxylic acid groups (broad SMARTS) is 1. The fraction of sp³-hybridized carbons (Fsp3) is 0.333. The molecule has 0 radical (unpaired) electrons. The van der Waals surface area contributed by atoms with Crippen molar-refractivity contribution in [3.63, 3.8) is 0 Å². The molecule has 0 aromatic carbocycles. The summed E-state index contributed by atoms with van der Waals surface area (Å²) >= 11 is 0. The van der Waals surface area contributed by atoms with Gasteiger partial charge in [0.1, 0.15) is 6.10 Å². The molecule has 1 aromatic heterocycles. The molecule has 0 bridgehead atoms. The maximum atomic E-state index is 10.5. The SMILES string of the molecule is O=C(O)c1ccc(OC2COC2)nc1. The van der Waals surface area contributed by atoms with E-state index in [-0.39, 0.29) is 11.7 Å². The highest BCUT2D eigenvalue weighted by Crippen LogP contribution is 2.13. The number of aromatic carboxylic acids is 1. The Morgan fingerprint density at radius 1 is 1.57 bits per heavy atom. The molecule has 0 saturated carbocycles. The van der Waals surface area contributed by atoms with Gasteiger partial charge in [0.15, 0.2) is 0 Å². The zero-order valence-corrected chi connectivity index (χ0v) is 7.34. The number of ether oxygens (including phenoxy) is 2. The highest BCUT2D eigenvalue weighted by molar-refractivity contribution is 5.87. The Balaban J connectivity index is 2.01. The summed E-state index contributed by atoms with van der Waals surface area (Å²) in [5.41, 5.74) is 0.155. The van der Waals surface area contributed by atoms with Gasteiger partial charge in [0.25, 0.3) is 0 Å². The maximum absolute atomic E-state index is 10.5. The second kappa shape index (κ2) is 3.63. The zero-order chi connectivity index (χ0) is 9.97. The Kier molecular flexibility index (Phi) is 2.32. The van der Waals surface area contributed by atoms with E-state index in [0.29, 0.717) is 19.1 Å². The standard InChI is InChI=1S/C9H9NO4/c11-9(12)6-1-2-8(10-3-6)14-7-4-13-5-7/h1-3,7H,4-5H2,(H,11,12). The summed E-state index contributed by atoms with van der Waals surface area (Å²) < 4.78 is 10.3. The van der Waals surface area contributed by atoms with E-state index in [1.54, 1.807) is 6.07 Å². The number of hydrogen-bond donors (Lipinski definition) is 1. The van der Waals surface area contributed by atoms with E-state index in [0.717, 1.165) is 0 Å². The minimum absolute atomic E-state index is 0.0539. The van der Waals surface area contributed by atoms with E-state index in [1.807, 2.05) is 0 Å². The van der Waals surface area contributed by atoms with E-state index in [1.165, 1.54) is 12.3 Å². The first kappa shape index (κ1) is 8.96. The molecule has 1 aliphatic heterocycles. The third-order valence-electron chi connectivity index (χ3n) is 1.88. The van der Waals surface area contributed by atoms with Crippen LogP contribution in [0.15, 0.2) is 18.3 Å². The molecule has 1 saturated heterocycles. The van der Waals surface area contributed by atoms with Gasteiger partial charge in [-0.3, -0.25) is 0 Å². The van der Waals surface area contributed by atoms with Gasteiger partial charge >= 0.3 is 5.97 Å². The molecule has 2 heterocycles. The number of hydrogen-bond acceptors (Lipinski definition) is 4. The van der Waals surface area contributed by atoms with Gasteiger partial charge in [-0.15, -0.1) is 0 Å². The molecule has 74 valence electrons. The van der Waals surface area contributed by atoms with Crippen LogP contribution in [0.2, 0.25) is 0 Å². The van der Waals surface area contributed by atoms with Gasteiger partial charge in [-0.05, 0) is 6.07 Å². The first-order valence-corrected chi connectivity index (χ1v) is 4.19. The Bertz CT molecular complexity index is 331. The van der Waals surface area contributed by atoms with Gasteiger partial charge in [0.05, 0.1) is 18.8 Å². The minimum atomic E-state index is -0.990. The molecule has 0 amide bonds. The summed E-state index contributed by atoms with van der Waals surface area (Å²) in [6, 6.07) is 3.01. The summed E-state index contributed by atoms with van der Waals surface area (Å²) in [5, 5.41) is 8.61. The topological polar surface area (TPSA) is 68.7 Å². The highest BCUT2D eigenvalue weighted by Gasteiger charge is 2.20. The molecule has 0 aliphatic carbocycles. The molecule has 0 spiro atoms. The number of carbonyl (C=O) groups is 1. The summed E-state index contributed by atoms with van der Waals surface area (Å²) in [5.74, 6) is -0.556. The Morgan fingerprint density at radius 3 is 2.79 bits per heavy atom. The molecule has 5 nitrogen and oxygen atoms in total. The summed E-state index contributed by atoms with van der Waals surface area (Å²) in [6.45, 7) is 1.14. The van der Waals surface area contributed by atoms with Gasteiger partial charge in [0.2, 0.25) is 5.88 Å². The van der Waals surface area contributed by atoms with Crippen LogP contribution in [0.3, 0.4) is 0 Å². The fourth-order valence-corrected chi connectivity index (χ4v) is 1.03. The number of carboxylic acids is 1. The molecule has 0 atom stereocenters. The average Bonchev–Trinajstić information content (AvgIpc) is 2.12. The van der Waals surface area contributed by atoms with Gasteiger partial charge in [-0.25, -0.2) is 9.78 Å². The van der Waals surface area contributed by atoms with Gasteiger partial charge in [-0.2, -0.15) is 0 Å². The van der Waals surface area contributed by atoms with E-state index in [9.17, 15) is 4.79 Å². The van der Waals surface area contributed by atoms with Crippen LogP contribution in [0.5, 0.6) is 5.88 Å². The number of aromatic nitrogens is 1. The monoisotopic (exact) mass is 195 g/mol. The smallest absolute Gasteiger partial charge is 0.337 e. The second-order valence-corrected chi connectivity index (χ2v) is 2.97. The van der Waals surface area contributed by atoms with E-state index < -0.39 is 5.97 Å². The first-order chi connectivity index (χ1) is 6.75. The molecular formula is C9H9NO4. The molecule has 1 N–H and O–H groups in total. The zero-order valence-electron chi connectivity index (χ0n) is 7.34. The lowest BCUT2D eigenvalue weighted by molar-refractivity contribution is -0.0813. The van der Waals surface area contributed by atoms with E-state index in [4.69, 9.17) is 14.6 Å². The lowest BCUT2D eigenvalue weighted by atomic mass is 10.3. The van der Waals surface area contributed by atoms with Gasteiger partial charge in [-0.1, -0.05) is 0 Å². The highest BCUT2D eigenvalue weighted by atomic mass is 16.6. The van der Waals surface area contributed by atoms with Crippen molar-refractivity contribution >= 4 is 5.97 Å². The number of nitrogens with zero attached hydrogens (tertiary/aromatic N) is 1. The van der Waals surface area contributed by atoms with Crippen LogP contribution in [-0.2, 0) is 4.74 Å². The molecule has 1 aromatic rings.